The summed E-state index contributed by atoms with van der Waals surface area (Å²) in [6.45, 7) is 9.34. The van der Waals surface area contributed by atoms with Gasteiger partial charge in [-0.25, -0.2) is 8.42 Å². The summed E-state index contributed by atoms with van der Waals surface area (Å²) in [7, 11) is -3.91. The molecule has 1 saturated heterocycles. The molecule has 0 saturated carbocycles. The van der Waals surface area contributed by atoms with Crippen LogP contribution in [0.2, 0.25) is 0 Å². The molecule has 1 N–H and O–H groups in total. The average Bonchev–Trinajstić information content (AvgIpc) is 2.78. The topological polar surface area (TPSA) is 90.6 Å². The Morgan fingerprint density at radius 2 is 1.82 bits per heavy atom. The largest absolute Gasteiger partial charge is 0.360 e. The van der Waals surface area contributed by atoms with E-state index in [-0.39, 0.29) is 28.3 Å². The Morgan fingerprint density at radius 1 is 1.12 bits per heavy atom. The summed E-state index contributed by atoms with van der Waals surface area (Å²) in [5.41, 5.74) is 1.58. The van der Waals surface area contributed by atoms with Gasteiger partial charge in [-0.15, -0.1) is 0 Å². The number of nitrogens with one attached hydrogen (secondary N) is 1. The van der Waals surface area contributed by atoms with Crippen molar-refractivity contribution < 1.29 is 13.2 Å². The van der Waals surface area contributed by atoms with Crippen LogP contribution in [0.3, 0.4) is 0 Å². The zero-order valence-electron chi connectivity index (χ0n) is 20.0. The van der Waals surface area contributed by atoms with E-state index in [4.69, 9.17) is 0 Å². The van der Waals surface area contributed by atoms with Gasteiger partial charge in [-0.1, -0.05) is 26.0 Å². The number of aromatic nitrogens is 1. The summed E-state index contributed by atoms with van der Waals surface area (Å²) in [4.78, 5) is 31.3. The van der Waals surface area contributed by atoms with E-state index in [0.29, 0.717) is 36.1 Å². The van der Waals surface area contributed by atoms with Gasteiger partial charge in [-0.05, 0) is 68.0 Å². The van der Waals surface area contributed by atoms with E-state index in [9.17, 15) is 18.0 Å². The van der Waals surface area contributed by atoms with Crippen LogP contribution in [0.5, 0.6) is 0 Å². The number of benzene rings is 2. The minimum atomic E-state index is -3.91. The SMILES string of the molecule is CCN(c1cccc(C)c1)S(=O)(=O)c1ccc2[nH]cc(C(=O)N3C[C@@H](C)C[C@H](C)C3)c(=O)c2c1. The lowest BCUT2D eigenvalue weighted by molar-refractivity contribution is 0.0621. The van der Waals surface area contributed by atoms with Gasteiger partial charge in [0.2, 0.25) is 5.43 Å². The van der Waals surface area contributed by atoms with E-state index in [0.717, 1.165) is 12.0 Å². The molecule has 1 aromatic heterocycles. The fourth-order valence-electron chi connectivity index (χ4n) is 4.92. The third-order valence-electron chi connectivity index (χ3n) is 6.40. The van der Waals surface area contributed by atoms with Crippen LogP contribution in [0.1, 0.15) is 43.1 Å². The van der Waals surface area contributed by atoms with Gasteiger partial charge in [-0.2, -0.15) is 0 Å². The number of rotatable bonds is 5. The van der Waals surface area contributed by atoms with Crippen molar-refractivity contribution in [2.45, 2.75) is 39.0 Å². The minimum absolute atomic E-state index is 0.0127. The second kappa shape index (κ2) is 9.25. The number of anilines is 1. The predicted octanol–water partition coefficient (Wildman–Crippen LogP) is 4.17. The molecule has 0 aliphatic carbocycles. The first kappa shape index (κ1) is 24.0. The number of hydrogen-bond donors (Lipinski definition) is 1. The summed E-state index contributed by atoms with van der Waals surface area (Å²) < 4.78 is 28.3. The molecule has 1 fully saturated rings. The minimum Gasteiger partial charge on any atom is -0.360 e. The summed E-state index contributed by atoms with van der Waals surface area (Å²) in [6, 6.07) is 11.7. The molecule has 34 heavy (non-hydrogen) atoms. The zero-order valence-corrected chi connectivity index (χ0v) is 20.9. The van der Waals surface area contributed by atoms with Crippen LogP contribution in [-0.4, -0.2) is 43.8 Å². The smallest absolute Gasteiger partial charge is 0.264 e. The van der Waals surface area contributed by atoms with Crippen LogP contribution >= 0.6 is 0 Å². The molecule has 1 amide bonds. The highest BCUT2D eigenvalue weighted by Crippen LogP contribution is 2.26. The standard InChI is InChI=1S/C26H31N3O4S/c1-5-29(20-8-6-7-17(2)12-20)34(32,33)21-9-10-24-22(13-21)25(30)23(14-27-24)26(31)28-15-18(3)11-19(4)16-28/h6-10,12-14,18-19H,5,11,15-16H2,1-4H3,(H,27,30)/t18-,19-/m0/s1. The van der Waals surface area contributed by atoms with Gasteiger partial charge in [0.15, 0.2) is 0 Å². The Labute approximate surface area is 200 Å². The van der Waals surface area contributed by atoms with Crippen LogP contribution in [-0.2, 0) is 10.0 Å². The maximum absolute atomic E-state index is 13.5. The molecule has 2 aromatic carbocycles. The fourth-order valence-corrected chi connectivity index (χ4v) is 6.41. The van der Waals surface area contributed by atoms with Crippen molar-refractivity contribution in [3.8, 4) is 0 Å². The molecule has 7 nitrogen and oxygen atoms in total. The number of fused-ring (bicyclic) bond motifs is 1. The quantitative estimate of drug-likeness (QED) is 0.592. The summed E-state index contributed by atoms with van der Waals surface area (Å²) in [6.07, 6.45) is 2.49. The Morgan fingerprint density at radius 3 is 2.47 bits per heavy atom. The van der Waals surface area contributed by atoms with Gasteiger partial charge in [0.05, 0.1) is 10.6 Å². The van der Waals surface area contributed by atoms with E-state index < -0.39 is 15.5 Å². The molecule has 1 aliphatic rings. The number of H-pyrrole nitrogens is 1. The molecule has 0 bridgehead atoms. The van der Waals surface area contributed by atoms with E-state index in [1.807, 2.05) is 25.1 Å². The summed E-state index contributed by atoms with van der Waals surface area (Å²) >= 11 is 0. The van der Waals surface area contributed by atoms with Crippen molar-refractivity contribution in [2.24, 2.45) is 11.8 Å². The third kappa shape index (κ3) is 4.46. The molecule has 180 valence electrons. The first-order chi connectivity index (χ1) is 16.1. The second-order valence-corrected chi connectivity index (χ2v) is 11.3. The lowest BCUT2D eigenvalue weighted by atomic mass is 9.91. The van der Waals surface area contributed by atoms with Crippen LogP contribution in [0.4, 0.5) is 5.69 Å². The number of carbonyl (C=O) groups is 1. The maximum Gasteiger partial charge on any atom is 0.264 e. The summed E-state index contributed by atoms with van der Waals surface area (Å²) in [5.74, 6) is 0.418. The monoisotopic (exact) mass is 481 g/mol. The number of aryl methyl sites for hydroxylation is 1. The number of hydrogen-bond acceptors (Lipinski definition) is 4. The molecule has 8 heteroatoms. The summed E-state index contributed by atoms with van der Waals surface area (Å²) in [5, 5.41) is 0.185. The first-order valence-electron chi connectivity index (χ1n) is 11.7. The molecule has 0 radical (unpaired) electrons. The lowest BCUT2D eigenvalue weighted by Crippen LogP contribution is -2.44. The van der Waals surface area contributed by atoms with Crippen molar-refractivity contribution in [1.82, 2.24) is 9.88 Å². The Bertz CT molecular complexity index is 1390. The van der Waals surface area contributed by atoms with Gasteiger partial charge in [0.1, 0.15) is 5.56 Å². The van der Waals surface area contributed by atoms with Gasteiger partial charge in [0.25, 0.3) is 15.9 Å². The molecule has 0 unspecified atom stereocenters. The number of pyridine rings is 1. The van der Waals surface area contributed by atoms with Gasteiger partial charge in [-0.3, -0.25) is 13.9 Å². The lowest BCUT2D eigenvalue weighted by Gasteiger charge is -2.34. The van der Waals surface area contributed by atoms with Crippen molar-refractivity contribution >= 4 is 32.5 Å². The zero-order chi connectivity index (χ0) is 24.6. The van der Waals surface area contributed by atoms with Crippen molar-refractivity contribution in [1.29, 1.82) is 0 Å². The number of sulfonamides is 1. The van der Waals surface area contributed by atoms with Crippen LogP contribution in [0.25, 0.3) is 10.9 Å². The van der Waals surface area contributed by atoms with Crippen LogP contribution in [0.15, 0.2) is 58.4 Å². The highest BCUT2D eigenvalue weighted by atomic mass is 32.2. The van der Waals surface area contributed by atoms with Crippen molar-refractivity contribution in [3.63, 3.8) is 0 Å². The number of aromatic amines is 1. The number of likely N-dealkylation sites (tertiary alicyclic amines) is 1. The van der Waals surface area contributed by atoms with Gasteiger partial charge in [0, 0.05) is 36.7 Å². The number of carbonyl (C=O) groups excluding carboxylic acids is 1. The normalized spacial score (nSPS) is 18.8. The van der Waals surface area contributed by atoms with Crippen LogP contribution in [0, 0.1) is 18.8 Å². The van der Waals surface area contributed by atoms with E-state index >= 15 is 0 Å². The molecule has 2 heterocycles. The molecular formula is C26H31N3O4S. The molecule has 3 aromatic rings. The third-order valence-corrected chi connectivity index (χ3v) is 8.30. The molecule has 2 atom stereocenters. The predicted molar refractivity (Wildman–Crippen MR) is 135 cm³/mol. The van der Waals surface area contributed by atoms with Crippen molar-refractivity contribution in [2.75, 3.05) is 23.9 Å². The number of amides is 1. The highest BCUT2D eigenvalue weighted by molar-refractivity contribution is 7.92. The molecule has 4 rings (SSSR count). The first-order valence-corrected chi connectivity index (χ1v) is 13.1. The Hall–Kier alpha value is -3.13. The maximum atomic E-state index is 13.5. The number of nitrogens with zero attached hydrogens (tertiary/aromatic N) is 2. The molecule has 1 aliphatic heterocycles. The van der Waals surface area contributed by atoms with Crippen molar-refractivity contribution in [3.05, 3.63) is 70.0 Å². The highest BCUT2D eigenvalue weighted by Gasteiger charge is 2.29. The van der Waals surface area contributed by atoms with E-state index in [1.165, 1.54) is 22.6 Å². The fraction of sp³-hybridized carbons (Fsp3) is 0.385. The van der Waals surface area contributed by atoms with Crippen LogP contribution < -0.4 is 9.73 Å². The molecular weight excluding hydrogens is 450 g/mol. The second-order valence-electron chi connectivity index (χ2n) is 9.40. The van der Waals surface area contributed by atoms with Gasteiger partial charge >= 0.3 is 0 Å². The van der Waals surface area contributed by atoms with E-state index in [1.54, 1.807) is 24.0 Å². The Balaban J connectivity index is 1.75. The average molecular weight is 482 g/mol. The number of piperidine rings is 1. The van der Waals surface area contributed by atoms with Gasteiger partial charge < -0.3 is 9.88 Å². The molecule has 0 spiro atoms. The Kier molecular flexibility index (Phi) is 6.53. The van der Waals surface area contributed by atoms with E-state index in [2.05, 4.69) is 18.8 Å².